The number of halogens is 2. The zero-order valence-corrected chi connectivity index (χ0v) is 13.4. The molecule has 0 radical (unpaired) electrons. The summed E-state index contributed by atoms with van der Waals surface area (Å²) >= 11 is 14.7. The average Bonchev–Trinajstić information content (AvgIpc) is 2.33. The van der Waals surface area contributed by atoms with Crippen LogP contribution in [-0.2, 0) is 0 Å². The van der Waals surface area contributed by atoms with Crippen LogP contribution in [0, 0.1) is 6.92 Å². The first-order valence-corrected chi connectivity index (χ1v) is 7.18. The van der Waals surface area contributed by atoms with Crippen molar-refractivity contribution in [3.8, 4) is 0 Å². The van der Waals surface area contributed by atoms with Crippen LogP contribution in [0.3, 0.4) is 0 Å². The van der Waals surface area contributed by atoms with Crippen LogP contribution >= 0.6 is 39.7 Å². The summed E-state index contributed by atoms with van der Waals surface area (Å²) in [5.41, 5.74) is 9.30. The average molecular weight is 356 g/mol. The molecule has 0 amide bonds. The molecule has 0 aliphatic carbocycles. The van der Waals surface area contributed by atoms with E-state index >= 15 is 0 Å². The van der Waals surface area contributed by atoms with E-state index in [1.165, 1.54) is 5.56 Å². The molecule has 0 fully saturated rings. The lowest BCUT2D eigenvalue weighted by Gasteiger charge is -2.13. The molecule has 0 unspecified atom stereocenters. The van der Waals surface area contributed by atoms with Gasteiger partial charge in [-0.05, 0) is 36.8 Å². The summed E-state index contributed by atoms with van der Waals surface area (Å²) < 4.78 is 1.04. The van der Waals surface area contributed by atoms with Gasteiger partial charge in [-0.3, -0.25) is 0 Å². The van der Waals surface area contributed by atoms with Gasteiger partial charge in [0.1, 0.15) is 4.99 Å². The third-order valence-corrected chi connectivity index (χ3v) is 4.08. The molecule has 0 aromatic heterocycles. The molecule has 0 heterocycles. The molecular weight excluding hydrogens is 344 g/mol. The van der Waals surface area contributed by atoms with Gasteiger partial charge in [-0.25, -0.2) is 0 Å². The molecule has 0 saturated carbocycles. The van der Waals surface area contributed by atoms with Crippen LogP contribution in [0.4, 0.5) is 11.4 Å². The number of thiocarbonyl (C=S) groups is 1. The van der Waals surface area contributed by atoms with E-state index in [1.54, 1.807) is 6.07 Å². The zero-order chi connectivity index (χ0) is 14.0. The van der Waals surface area contributed by atoms with Gasteiger partial charge in [-0.2, -0.15) is 0 Å². The number of hydrogen-bond acceptors (Lipinski definition) is 2. The molecule has 98 valence electrons. The minimum absolute atomic E-state index is 0.277. The highest BCUT2D eigenvalue weighted by atomic mass is 79.9. The van der Waals surface area contributed by atoms with E-state index in [9.17, 15) is 0 Å². The van der Waals surface area contributed by atoms with Crippen molar-refractivity contribution in [3.05, 3.63) is 57.0 Å². The van der Waals surface area contributed by atoms with E-state index in [0.717, 1.165) is 15.8 Å². The molecule has 0 aliphatic rings. The van der Waals surface area contributed by atoms with Gasteiger partial charge < -0.3 is 11.1 Å². The van der Waals surface area contributed by atoms with Crippen molar-refractivity contribution in [2.75, 3.05) is 5.32 Å². The topological polar surface area (TPSA) is 38.0 Å². The van der Waals surface area contributed by atoms with Crippen molar-refractivity contribution < 1.29 is 0 Å². The summed E-state index contributed by atoms with van der Waals surface area (Å²) in [5, 5.41) is 3.83. The number of aryl methyl sites for hydroxylation is 1. The fraction of sp³-hybridized carbons (Fsp3) is 0.0714. The second-order valence-electron chi connectivity index (χ2n) is 4.12. The van der Waals surface area contributed by atoms with Crippen LogP contribution in [0.15, 0.2) is 40.9 Å². The van der Waals surface area contributed by atoms with Gasteiger partial charge in [0.2, 0.25) is 0 Å². The van der Waals surface area contributed by atoms with Crippen molar-refractivity contribution in [2.45, 2.75) is 6.92 Å². The fourth-order valence-electron chi connectivity index (χ4n) is 1.70. The molecule has 5 heteroatoms. The van der Waals surface area contributed by atoms with Crippen molar-refractivity contribution in [3.63, 3.8) is 0 Å². The molecule has 3 N–H and O–H groups in total. The lowest BCUT2D eigenvalue weighted by Crippen LogP contribution is -2.12. The molecule has 19 heavy (non-hydrogen) atoms. The van der Waals surface area contributed by atoms with E-state index < -0.39 is 0 Å². The van der Waals surface area contributed by atoms with Crippen LogP contribution in [0.2, 0.25) is 5.02 Å². The summed E-state index contributed by atoms with van der Waals surface area (Å²) in [4.78, 5) is 0.277. The second-order valence-corrected chi connectivity index (χ2v) is 5.82. The zero-order valence-electron chi connectivity index (χ0n) is 10.2. The van der Waals surface area contributed by atoms with Crippen LogP contribution in [0.1, 0.15) is 11.1 Å². The SMILES string of the molecule is Cc1ccc(Nc2cccc(Cl)c2C(N)=S)cc1Br. The van der Waals surface area contributed by atoms with Crippen LogP contribution in [0.25, 0.3) is 0 Å². The van der Waals surface area contributed by atoms with E-state index in [0.29, 0.717) is 10.6 Å². The minimum Gasteiger partial charge on any atom is -0.389 e. The maximum Gasteiger partial charge on any atom is 0.107 e. The first-order chi connectivity index (χ1) is 8.99. The number of nitrogens with one attached hydrogen (secondary N) is 1. The smallest absolute Gasteiger partial charge is 0.107 e. The molecule has 0 saturated heterocycles. The largest absolute Gasteiger partial charge is 0.389 e. The second kappa shape index (κ2) is 5.90. The Hall–Kier alpha value is -1.10. The molecular formula is C14H12BrClN2S. The Labute approximate surface area is 131 Å². The van der Waals surface area contributed by atoms with Gasteiger partial charge >= 0.3 is 0 Å². The van der Waals surface area contributed by atoms with Crippen LogP contribution < -0.4 is 11.1 Å². The van der Waals surface area contributed by atoms with Gasteiger partial charge in [0.05, 0.1) is 16.3 Å². The van der Waals surface area contributed by atoms with Gasteiger partial charge in [0.15, 0.2) is 0 Å². The molecule has 0 spiro atoms. The summed E-state index contributed by atoms with van der Waals surface area (Å²) in [7, 11) is 0. The first-order valence-electron chi connectivity index (χ1n) is 5.60. The lowest BCUT2D eigenvalue weighted by molar-refractivity contribution is 1.41. The molecule has 0 aliphatic heterocycles. The highest BCUT2D eigenvalue weighted by Crippen LogP contribution is 2.29. The van der Waals surface area contributed by atoms with Gasteiger partial charge in [-0.15, -0.1) is 0 Å². The number of benzene rings is 2. The Morgan fingerprint density at radius 2 is 2.05 bits per heavy atom. The predicted octanol–water partition coefficient (Wildman–Crippen LogP) is 4.79. The minimum atomic E-state index is 0.277. The van der Waals surface area contributed by atoms with E-state index in [1.807, 2.05) is 37.3 Å². The van der Waals surface area contributed by atoms with Crippen LogP contribution in [-0.4, -0.2) is 4.99 Å². The number of rotatable bonds is 3. The number of anilines is 2. The molecule has 2 nitrogen and oxygen atoms in total. The normalized spacial score (nSPS) is 10.3. The first kappa shape index (κ1) is 14.3. The molecule has 0 atom stereocenters. The Morgan fingerprint density at radius 1 is 1.32 bits per heavy atom. The molecule has 2 aromatic carbocycles. The van der Waals surface area contributed by atoms with Gasteiger partial charge in [0.25, 0.3) is 0 Å². The highest BCUT2D eigenvalue weighted by molar-refractivity contribution is 9.10. The molecule has 2 aromatic rings. The van der Waals surface area contributed by atoms with E-state index in [4.69, 9.17) is 29.6 Å². The maximum absolute atomic E-state index is 6.13. The Balaban J connectivity index is 2.40. The third kappa shape index (κ3) is 3.26. The Kier molecular flexibility index (Phi) is 4.45. The Morgan fingerprint density at radius 3 is 2.68 bits per heavy atom. The van der Waals surface area contributed by atoms with Crippen molar-refractivity contribution in [2.24, 2.45) is 5.73 Å². The summed E-state index contributed by atoms with van der Waals surface area (Å²) in [5.74, 6) is 0. The summed E-state index contributed by atoms with van der Waals surface area (Å²) in [6, 6.07) is 11.5. The van der Waals surface area contributed by atoms with Gasteiger partial charge in [0, 0.05) is 10.2 Å². The van der Waals surface area contributed by atoms with E-state index in [2.05, 4.69) is 21.2 Å². The lowest BCUT2D eigenvalue weighted by atomic mass is 10.1. The van der Waals surface area contributed by atoms with Crippen molar-refractivity contribution >= 4 is 56.1 Å². The highest BCUT2D eigenvalue weighted by Gasteiger charge is 2.10. The number of hydrogen-bond donors (Lipinski definition) is 2. The maximum atomic E-state index is 6.13. The molecule has 2 rings (SSSR count). The third-order valence-electron chi connectivity index (χ3n) is 2.71. The summed E-state index contributed by atoms with van der Waals surface area (Å²) in [6.07, 6.45) is 0. The number of nitrogens with two attached hydrogens (primary N) is 1. The fourth-order valence-corrected chi connectivity index (χ4v) is 2.64. The van der Waals surface area contributed by atoms with Crippen molar-refractivity contribution in [1.29, 1.82) is 0 Å². The van der Waals surface area contributed by atoms with Crippen molar-refractivity contribution in [1.82, 2.24) is 0 Å². The predicted molar refractivity (Wildman–Crippen MR) is 89.5 cm³/mol. The molecule has 0 bridgehead atoms. The Bertz CT molecular complexity index is 643. The summed E-state index contributed by atoms with van der Waals surface area (Å²) in [6.45, 7) is 2.04. The standard InChI is InChI=1S/C14H12BrClN2S/c1-8-5-6-9(7-10(8)15)18-12-4-2-3-11(16)13(12)14(17)19/h2-7,18H,1H3,(H2,17,19). The van der Waals surface area contributed by atoms with Gasteiger partial charge in [-0.1, -0.05) is 51.9 Å². The monoisotopic (exact) mass is 354 g/mol. The van der Waals surface area contributed by atoms with Crippen LogP contribution in [0.5, 0.6) is 0 Å². The quantitative estimate of drug-likeness (QED) is 0.778. The van der Waals surface area contributed by atoms with E-state index in [-0.39, 0.29) is 4.99 Å².